The predicted octanol–water partition coefficient (Wildman–Crippen LogP) is 6.94. The van der Waals surface area contributed by atoms with E-state index in [1.807, 2.05) is 38.1 Å². The van der Waals surface area contributed by atoms with Crippen molar-refractivity contribution in [2.45, 2.75) is 77.4 Å². The van der Waals surface area contributed by atoms with Crippen LogP contribution < -0.4 is 14.4 Å². The lowest BCUT2D eigenvalue weighted by Gasteiger charge is -2.41. The number of anilines is 1. The number of hydrogen-bond donors (Lipinski definition) is 1. The highest BCUT2D eigenvalue weighted by Gasteiger charge is 2.40. The van der Waals surface area contributed by atoms with Crippen LogP contribution in [0.4, 0.5) is 5.69 Å². The summed E-state index contributed by atoms with van der Waals surface area (Å²) in [7, 11) is -3.96. The Morgan fingerprint density at radius 2 is 1.89 bits per heavy atom. The van der Waals surface area contributed by atoms with Crippen molar-refractivity contribution in [3.63, 3.8) is 0 Å². The number of carbonyl (C=O) groups excluding carboxylic acids is 2. The van der Waals surface area contributed by atoms with Crippen LogP contribution in [-0.4, -0.2) is 45.1 Å². The maximum absolute atomic E-state index is 13.7. The number of amides is 1. The highest BCUT2D eigenvalue weighted by Crippen LogP contribution is 2.42. The van der Waals surface area contributed by atoms with Gasteiger partial charge in [0.15, 0.2) is 0 Å². The van der Waals surface area contributed by atoms with Crippen LogP contribution in [-0.2, 0) is 21.2 Å². The molecular formula is C35H45ClN2O5S. The van der Waals surface area contributed by atoms with E-state index in [0.717, 1.165) is 31.4 Å². The minimum Gasteiger partial charge on any atom is -0.491 e. The first-order chi connectivity index (χ1) is 21.0. The minimum atomic E-state index is -3.96. The Morgan fingerprint density at radius 1 is 1.09 bits per heavy atom. The van der Waals surface area contributed by atoms with Crippen molar-refractivity contribution in [2.24, 2.45) is 23.7 Å². The average molecular weight is 641 g/mol. The molecule has 1 N–H and O–H groups in total. The first-order valence-electron chi connectivity index (χ1n) is 16.0. The number of fused-ring (bicyclic) bond motifs is 2. The summed E-state index contributed by atoms with van der Waals surface area (Å²) < 4.78 is 35.4. The molecule has 0 aromatic heterocycles. The Labute approximate surface area is 267 Å². The number of benzene rings is 2. The lowest BCUT2D eigenvalue weighted by atomic mass is 9.69. The molecule has 0 saturated heterocycles. The zero-order valence-electron chi connectivity index (χ0n) is 26.2. The Kier molecular flexibility index (Phi) is 10.1. The maximum atomic E-state index is 13.7. The van der Waals surface area contributed by atoms with Crippen LogP contribution in [0, 0.1) is 23.7 Å². The number of halogens is 1. The third kappa shape index (κ3) is 7.02. The molecule has 7 nitrogen and oxygen atoms in total. The number of Topliss-reactive ketones (excluding diaryl/α,β-unsaturated/α-hetero) is 1. The zero-order valence-corrected chi connectivity index (χ0v) is 27.8. The second kappa shape index (κ2) is 13.7. The van der Waals surface area contributed by atoms with Crippen molar-refractivity contribution in [1.82, 2.24) is 4.72 Å². The molecule has 238 valence electrons. The number of hydrogen-bond acceptors (Lipinski definition) is 6. The summed E-state index contributed by atoms with van der Waals surface area (Å²) in [5.41, 5.74) is 3.41. The van der Waals surface area contributed by atoms with Crippen molar-refractivity contribution in [1.29, 1.82) is 0 Å². The number of carbonyl (C=O) groups is 2. The first kappa shape index (κ1) is 32.6. The number of nitrogens with zero attached hydrogens (tertiary/aromatic N) is 1. The van der Waals surface area contributed by atoms with Crippen LogP contribution >= 0.6 is 11.6 Å². The third-order valence-corrected chi connectivity index (χ3v) is 12.1. The smallest absolute Gasteiger partial charge is 0.264 e. The van der Waals surface area contributed by atoms with Gasteiger partial charge >= 0.3 is 0 Å². The van der Waals surface area contributed by atoms with Crippen molar-refractivity contribution in [3.05, 3.63) is 70.3 Å². The summed E-state index contributed by atoms with van der Waals surface area (Å²) >= 11 is 6.39. The van der Waals surface area contributed by atoms with Crippen molar-refractivity contribution >= 4 is 39.0 Å². The molecule has 1 aliphatic carbocycles. The molecule has 0 spiro atoms. The topological polar surface area (TPSA) is 92.8 Å². The molecule has 2 bridgehead atoms. The summed E-state index contributed by atoms with van der Waals surface area (Å²) in [6.07, 6.45) is 8.64. The predicted molar refractivity (Wildman–Crippen MR) is 176 cm³/mol. The summed E-state index contributed by atoms with van der Waals surface area (Å²) in [5, 5.41) is -0.0989. The van der Waals surface area contributed by atoms with Gasteiger partial charge in [0.2, 0.25) is 10.0 Å². The molecule has 0 radical (unpaired) electrons. The molecule has 5 rings (SSSR count). The van der Waals surface area contributed by atoms with E-state index in [0.29, 0.717) is 43.3 Å². The van der Waals surface area contributed by atoms with E-state index in [1.54, 1.807) is 25.1 Å². The van der Waals surface area contributed by atoms with E-state index in [1.165, 1.54) is 11.1 Å². The van der Waals surface area contributed by atoms with Gasteiger partial charge in [-0.15, -0.1) is 0 Å². The maximum Gasteiger partial charge on any atom is 0.264 e. The van der Waals surface area contributed by atoms with Gasteiger partial charge in [0.05, 0.1) is 17.5 Å². The van der Waals surface area contributed by atoms with E-state index in [9.17, 15) is 18.0 Å². The lowest BCUT2D eigenvalue weighted by Crippen LogP contribution is -2.44. The number of ether oxygens (including phenoxy) is 1. The van der Waals surface area contributed by atoms with Gasteiger partial charge in [0.25, 0.3) is 5.91 Å². The van der Waals surface area contributed by atoms with Crippen LogP contribution in [0.2, 0.25) is 5.02 Å². The third-order valence-electron chi connectivity index (χ3n) is 9.92. The highest BCUT2D eigenvalue weighted by atomic mass is 35.5. The van der Waals surface area contributed by atoms with Crippen molar-refractivity contribution in [3.8, 4) is 5.75 Å². The number of aryl methyl sites for hydroxylation is 1. The molecule has 2 aliphatic heterocycles. The summed E-state index contributed by atoms with van der Waals surface area (Å²) in [6, 6.07) is 11.2. The Hall–Kier alpha value is -2.84. The fraction of sp³-hybridized carbons (Fsp3) is 0.543. The average Bonchev–Trinajstić information content (AvgIpc) is 3.13. The quantitative estimate of drug-likeness (QED) is 0.364. The molecule has 44 heavy (non-hydrogen) atoms. The van der Waals surface area contributed by atoms with Gasteiger partial charge in [-0.3, -0.25) is 9.59 Å². The molecular weight excluding hydrogens is 596 g/mol. The van der Waals surface area contributed by atoms with Gasteiger partial charge in [-0.2, -0.15) is 0 Å². The van der Waals surface area contributed by atoms with E-state index >= 15 is 0 Å². The fourth-order valence-electron chi connectivity index (χ4n) is 7.12. The number of nitrogens with one attached hydrogen (secondary N) is 1. The Balaban J connectivity index is 1.55. The Morgan fingerprint density at radius 3 is 2.59 bits per heavy atom. The number of rotatable bonds is 4. The SMILES string of the molecule is C/C=C/[C@H]1CC(=O)[C@@H]2CC[C@H]2CN2C[C@H](c3ccc(Cl)cc3CCC)COc3ccc(cc32)C(=O)NS(=O)(=O)[C@H](C)[C@@H](C)C1. The van der Waals surface area contributed by atoms with Crippen LogP contribution in [0.5, 0.6) is 5.75 Å². The molecule has 9 heteroatoms. The second-order valence-corrected chi connectivity index (χ2v) is 15.5. The summed E-state index contributed by atoms with van der Waals surface area (Å²) in [6.45, 7) is 9.35. The van der Waals surface area contributed by atoms with E-state index in [2.05, 4.69) is 22.6 Å². The lowest BCUT2D eigenvalue weighted by molar-refractivity contribution is -0.128. The van der Waals surface area contributed by atoms with E-state index in [4.69, 9.17) is 16.3 Å². The van der Waals surface area contributed by atoms with Gasteiger partial charge < -0.3 is 9.64 Å². The summed E-state index contributed by atoms with van der Waals surface area (Å²) in [5.74, 6) is 0.159. The number of allylic oxidation sites excluding steroid dienone is 2. The van der Waals surface area contributed by atoms with Gasteiger partial charge in [0.1, 0.15) is 11.5 Å². The largest absolute Gasteiger partial charge is 0.491 e. The van der Waals surface area contributed by atoms with Crippen molar-refractivity contribution < 1.29 is 22.7 Å². The normalized spacial score (nSPS) is 29.2. The molecule has 2 aromatic rings. The fourth-order valence-corrected chi connectivity index (χ4v) is 8.60. The molecule has 1 amide bonds. The van der Waals surface area contributed by atoms with Crippen LogP contribution in [0.1, 0.15) is 87.2 Å². The minimum absolute atomic E-state index is 0.0316. The highest BCUT2D eigenvalue weighted by molar-refractivity contribution is 7.90. The molecule has 1 fully saturated rings. The van der Waals surface area contributed by atoms with Crippen LogP contribution in [0.25, 0.3) is 0 Å². The molecule has 2 aromatic carbocycles. The first-order valence-corrected chi connectivity index (χ1v) is 17.9. The zero-order chi connectivity index (χ0) is 31.6. The van der Waals surface area contributed by atoms with Gasteiger partial charge in [-0.25, -0.2) is 13.1 Å². The number of sulfonamides is 1. The standard InChI is InChI=1S/C35H45ClN2O5S/c1-5-7-24-15-22(3)23(4)44(41,42)37-35(40)26-10-14-34-32(18-26)38(19-27-9-12-31(27)33(39)16-24)20-28(21-43-34)30-13-11-29(36)17-25(30)8-6-2/h5,7,10-11,13-14,17-18,22-24,27-28,31H,6,8-9,12,15-16,19-21H2,1-4H3,(H,37,40)/b7-5+/t22-,23+,24+,27-,28-,31+/m0/s1. The summed E-state index contributed by atoms with van der Waals surface area (Å²) in [4.78, 5) is 29.4. The molecule has 1 saturated carbocycles. The molecule has 0 unspecified atom stereocenters. The number of ketones is 1. The molecule has 6 atom stereocenters. The van der Waals surface area contributed by atoms with Gasteiger partial charge in [0, 0.05) is 41.9 Å². The van der Waals surface area contributed by atoms with Gasteiger partial charge in [-0.05, 0) is 98.7 Å². The molecule has 2 heterocycles. The van der Waals surface area contributed by atoms with Crippen molar-refractivity contribution in [2.75, 3.05) is 24.6 Å². The van der Waals surface area contributed by atoms with Gasteiger partial charge in [-0.1, -0.05) is 50.1 Å². The molecule has 3 aliphatic rings. The monoisotopic (exact) mass is 640 g/mol. The Bertz CT molecular complexity index is 1520. The van der Waals surface area contributed by atoms with E-state index < -0.39 is 21.2 Å². The van der Waals surface area contributed by atoms with E-state index in [-0.39, 0.29) is 40.9 Å². The van der Waals surface area contributed by atoms with Crippen LogP contribution in [0.3, 0.4) is 0 Å². The second-order valence-electron chi connectivity index (χ2n) is 13.0. The van der Waals surface area contributed by atoms with Crippen LogP contribution in [0.15, 0.2) is 48.6 Å².